The Kier molecular flexibility index (Phi) is 12.3. The number of allylic oxidation sites excluding steroid dienone is 2. The lowest BCUT2D eigenvalue weighted by Gasteiger charge is -2.29. The number of nitrogens with one attached hydrogen (secondary N) is 3. The molecule has 4 rings (SSSR count). The van der Waals surface area contributed by atoms with Crippen LogP contribution in [0, 0.1) is 29.5 Å². The Bertz CT molecular complexity index is 1280. The molecule has 0 aromatic heterocycles. The summed E-state index contributed by atoms with van der Waals surface area (Å²) in [6, 6.07) is 13.8. The van der Waals surface area contributed by atoms with E-state index in [9.17, 15) is 14.0 Å². The molecule has 3 atom stereocenters. The standard InChI is InChI=1S/C37H52FN3O3/c1-24(2)23-44-33-14-7-6-11-29(33)12-9-19-39-36(42)32(22-27-15-16-27)40-37(43)34(25(3)4)41-35(30-17-18-30)26(5)20-28-10-8-13-31(38)21-28/h6-8,10-11,13-14,21,24-27,32,34,41H,9,12,15-20,22-23H2,1-5H3,(H,39,42)(H,40,43)/t26-,32+,34-/m1/s1. The van der Waals surface area contributed by atoms with Crippen molar-refractivity contribution in [3.05, 3.63) is 76.7 Å². The summed E-state index contributed by atoms with van der Waals surface area (Å²) in [5, 5.41) is 9.80. The Labute approximate surface area is 263 Å². The molecule has 44 heavy (non-hydrogen) atoms. The number of hydrogen-bond acceptors (Lipinski definition) is 4. The molecule has 7 heteroatoms. The highest BCUT2D eigenvalue weighted by Gasteiger charge is 2.34. The second-order valence-electron chi connectivity index (χ2n) is 13.6. The van der Waals surface area contributed by atoms with E-state index in [-0.39, 0.29) is 29.5 Å². The van der Waals surface area contributed by atoms with Gasteiger partial charge >= 0.3 is 0 Å². The number of halogens is 1. The molecule has 2 aromatic carbocycles. The topological polar surface area (TPSA) is 79.5 Å². The van der Waals surface area contributed by atoms with E-state index in [4.69, 9.17) is 4.74 Å². The summed E-state index contributed by atoms with van der Waals surface area (Å²) in [6.45, 7) is 11.7. The minimum Gasteiger partial charge on any atom is -0.493 e. The number of aryl methyl sites for hydroxylation is 1. The monoisotopic (exact) mass is 605 g/mol. The molecule has 0 heterocycles. The fraction of sp³-hybridized carbons (Fsp3) is 0.568. The second-order valence-corrected chi connectivity index (χ2v) is 13.6. The molecule has 2 aromatic rings. The molecule has 240 valence electrons. The van der Waals surface area contributed by atoms with Crippen molar-refractivity contribution in [1.29, 1.82) is 0 Å². The van der Waals surface area contributed by atoms with Crippen molar-refractivity contribution < 1.29 is 18.7 Å². The van der Waals surface area contributed by atoms with Crippen molar-refractivity contribution in [3.63, 3.8) is 0 Å². The van der Waals surface area contributed by atoms with Gasteiger partial charge in [-0.1, -0.05) is 83.4 Å². The first kappa shape index (κ1) is 33.5. The number of carbonyl (C=O) groups excluding carboxylic acids is 2. The Balaban J connectivity index is 1.33. The van der Waals surface area contributed by atoms with Crippen LogP contribution < -0.4 is 20.7 Å². The van der Waals surface area contributed by atoms with Crippen molar-refractivity contribution in [2.45, 2.75) is 98.1 Å². The van der Waals surface area contributed by atoms with Crippen LogP contribution in [0.5, 0.6) is 5.75 Å². The summed E-state index contributed by atoms with van der Waals surface area (Å²) >= 11 is 0. The molecule has 2 aliphatic rings. The molecule has 0 spiro atoms. The Morgan fingerprint density at radius 1 is 0.955 bits per heavy atom. The predicted octanol–water partition coefficient (Wildman–Crippen LogP) is 6.74. The number of hydrogen-bond donors (Lipinski definition) is 3. The van der Waals surface area contributed by atoms with Crippen molar-refractivity contribution in [2.24, 2.45) is 23.7 Å². The molecular weight excluding hydrogens is 553 g/mol. The van der Waals surface area contributed by atoms with Gasteiger partial charge < -0.3 is 20.7 Å². The zero-order valence-corrected chi connectivity index (χ0v) is 27.3. The Hall–Kier alpha value is -3.35. The maximum atomic E-state index is 13.8. The van der Waals surface area contributed by atoms with Crippen LogP contribution in [0.25, 0.3) is 0 Å². The number of amides is 2. The van der Waals surface area contributed by atoms with Crippen LogP contribution in [0.2, 0.25) is 0 Å². The van der Waals surface area contributed by atoms with Crippen molar-refractivity contribution in [1.82, 2.24) is 16.0 Å². The van der Waals surface area contributed by atoms with Crippen LogP contribution in [0.15, 0.2) is 59.8 Å². The smallest absolute Gasteiger partial charge is 0.243 e. The largest absolute Gasteiger partial charge is 0.493 e. The first-order valence-corrected chi connectivity index (χ1v) is 16.6. The Morgan fingerprint density at radius 2 is 1.70 bits per heavy atom. The van der Waals surface area contributed by atoms with Gasteiger partial charge in [0.1, 0.15) is 23.7 Å². The molecule has 2 aliphatic carbocycles. The number of para-hydroxylation sites is 1. The van der Waals surface area contributed by atoms with Crippen molar-refractivity contribution in [3.8, 4) is 5.75 Å². The molecular formula is C37H52FN3O3. The first-order valence-electron chi connectivity index (χ1n) is 16.6. The van der Waals surface area contributed by atoms with E-state index in [0.29, 0.717) is 37.8 Å². The molecule has 0 bridgehead atoms. The van der Waals surface area contributed by atoms with Crippen LogP contribution >= 0.6 is 0 Å². The zero-order chi connectivity index (χ0) is 31.6. The van der Waals surface area contributed by atoms with Crippen LogP contribution in [-0.4, -0.2) is 37.0 Å². The number of rotatable bonds is 18. The maximum absolute atomic E-state index is 13.8. The van der Waals surface area contributed by atoms with Crippen LogP contribution in [0.1, 0.15) is 84.3 Å². The molecule has 6 nitrogen and oxygen atoms in total. The van der Waals surface area contributed by atoms with Crippen LogP contribution in [0.3, 0.4) is 0 Å². The average Bonchev–Trinajstić information content (AvgIpc) is 3.90. The molecule has 2 fully saturated rings. The highest BCUT2D eigenvalue weighted by Crippen LogP contribution is 2.36. The number of carbonyl (C=O) groups is 2. The lowest BCUT2D eigenvalue weighted by Crippen LogP contribution is -2.54. The first-order chi connectivity index (χ1) is 21.1. The van der Waals surface area contributed by atoms with Crippen LogP contribution in [-0.2, 0) is 22.4 Å². The number of benzene rings is 2. The lowest BCUT2D eigenvalue weighted by atomic mass is 9.94. The fourth-order valence-corrected chi connectivity index (χ4v) is 5.65. The molecule has 0 radical (unpaired) electrons. The Morgan fingerprint density at radius 3 is 2.36 bits per heavy atom. The molecule has 2 saturated carbocycles. The SMILES string of the molecule is CC(C)COc1ccccc1CCCNC(=O)[C@H](CC1CC1)NC(=O)[C@H](NC(=C1CC1)[C@H](C)Cc1cccc(F)c1)C(C)C. The summed E-state index contributed by atoms with van der Waals surface area (Å²) in [5.41, 5.74) is 4.50. The quantitative estimate of drug-likeness (QED) is 0.165. The van der Waals surface area contributed by atoms with Gasteiger partial charge in [-0.15, -0.1) is 0 Å². The third kappa shape index (κ3) is 10.7. The highest BCUT2D eigenvalue weighted by atomic mass is 19.1. The van der Waals surface area contributed by atoms with E-state index >= 15 is 0 Å². The van der Waals surface area contributed by atoms with E-state index in [2.05, 4.69) is 42.8 Å². The van der Waals surface area contributed by atoms with Crippen molar-refractivity contribution in [2.75, 3.05) is 13.2 Å². The van der Waals surface area contributed by atoms with E-state index in [1.165, 1.54) is 11.6 Å². The molecule has 0 saturated heterocycles. The second kappa shape index (κ2) is 16.1. The van der Waals surface area contributed by atoms with Crippen LogP contribution in [0.4, 0.5) is 4.39 Å². The van der Waals surface area contributed by atoms with E-state index in [1.54, 1.807) is 12.1 Å². The third-order valence-corrected chi connectivity index (χ3v) is 8.43. The van der Waals surface area contributed by atoms with Gasteiger partial charge in [0.2, 0.25) is 11.8 Å². The lowest BCUT2D eigenvalue weighted by molar-refractivity contribution is -0.130. The number of ether oxygens (including phenoxy) is 1. The van der Waals surface area contributed by atoms with Gasteiger partial charge in [-0.05, 0) is 91.5 Å². The van der Waals surface area contributed by atoms with Gasteiger partial charge in [-0.2, -0.15) is 0 Å². The van der Waals surface area contributed by atoms with Gasteiger partial charge in [0.05, 0.1) is 6.61 Å². The summed E-state index contributed by atoms with van der Waals surface area (Å²) in [7, 11) is 0. The minimum absolute atomic E-state index is 0.0216. The fourth-order valence-electron chi connectivity index (χ4n) is 5.65. The molecule has 0 aliphatic heterocycles. The van der Waals surface area contributed by atoms with Gasteiger partial charge in [-0.25, -0.2) is 4.39 Å². The molecule has 3 N–H and O–H groups in total. The van der Waals surface area contributed by atoms with Gasteiger partial charge in [0, 0.05) is 12.2 Å². The summed E-state index contributed by atoms with van der Waals surface area (Å²) in [4.78, 5) is 27.1. The van der Waals surface area contributed by atoms with Gasteiger partial charge in [0.25, 0.3) is 0 Å². The van der Waals surface area contributed by atoms with E-state index < -0.39 is 12.1 Å². The summed E-state index contributed by atoms with van der Waals surface area (Å²) < 4.78 is 19.8. The molecule has 0 unspecified atom stereocenters. The van der Waals surface area contributed by atoms with Crippen molar-refractivity contribution >= 4 is 11.8 Å². The summed E-state index contributed by atoms with van der Waals surface area (Å²) in [5.74, 6) is 1.49. The van der Waals surface area contributed by atoms with Gasteiger partial charge in [0.15, 0.2) is 0 Å². The van der Waals surface area contributed by atoms with Gasteiger partial charge in [-0.3, -0.25) is 9.59 Å². The minimum atomic E-state index is -0.554. The van der Waals surface area contributed by atoms with E-state index in [1.807, 2.05) is 38.1 Å². The van der Waals surface area contributed by atoms with E-state index in [0.717, 1.165) is 61.1 Å². The average molecular weight is 606 g/mol. The normalized spacial score (nSPS) is 16.3. The maximum Gasteiger partial charge on any atom is 0.243 e. The zero-order valence-electron chi connectivity index (χ0n) is 27.3. The highest BCUT2D eigenvalue weighted by molar-refractivity contribution is 5.90. The third-order valence-electron chi connectivity index (χ3n) is 8.43. The molecule has 2 amide bonds. The summed E-state index contributed by atoms with van der Waals surface area (Å²) in [6.07, 6.45) is 7.19. The predicted molar refractivity (Wildman–Crippen MR) is 175 cm³/mol.